The second kappa shape index (κ2) is 9.69. The van der Waals surface area contributed by atoms with Gasteiger partial charge in [-0.15, -0.1) is 0 Å². The number of amides is 2. The smallest absolute Gasteiger partial charge is 0.287 e. The number of nitrogens with zero attached hydrogens (tertiary/aromatic N) is 1. The second-order valence-corrected chi connectivity index (χ2v) is 7.09. The lowest BCUT2D eigenvalue weighted by Crippen LogP contribution is -2.17. The Morgan fingerprint density at radius 3 is 2.48 bits per heavy atom. The van der Waals surface area contributed by atoms with Crippen molar-refractivity contribution in [1.82, 2.24) is 10.4 Å². The number of hydrazone groups is 1. The molecule has 0 fully saturated rings. The van der Waals surface area contributed by atoms with Gasteiger partial charge in [-0.3, -0.25) is 9.59 Å². The molecule has 8 heteroatoms. The quantitative estimate of drug-likeness (QED) is 0.295. The minimum atomic E-state index is -0.404. The predicted octanol–water partition coefficient (Wildman–Crippen LogP) is 4.20. The van der Waals surface area contributed by atoms with Crippen LogP contribution in [0.15, 0.2) is 77.9 Å². The van der Waals surface area contributed by atoms with Crippen LogP contribution in [0, 0.1) is 0 Å². The molecule has 0 saturated carbocycles. The fourth-order valence-electron chi connectivity index (χ4n) is 3.36. The first-order valence-corrected chi connectivity index (χ1v) is 10.1. The Kier molecular flexibility index (Phi) is 6.36. The Bertz CT molecular complexity index is 1330. The van der Waals surface area contributed by atoms with Crippen LogP contribution >= 0.6 is 0 Å². The number of hydrogen-bond acceptors (Lipinski definition) is 5. The number of carbonyl (C=O) groups is 2. The number of nitrogens with one attached hydrogen (secondary N) is 3. The summed E-state index contributed by atoms with van der Waals surface area (Å²) in [5.74, 6) is 0.484. The molecule has 0 aliphatic rings. The SMILES string of the molecule is COc1cccc(C=NNC(=O)c2cc3cc(NC(=O)c4ccccc4)ccc3[nH]2)c1OC. The van der Waals surface area contributed by atoms with Gasteiger partial charge in [-0.05, 0) is 48.5 Å². The van der Waals surface area contributed by atoms with Crippen LogP contribution in [0.4, 0.5) is 5.69 Å². The van der Waals surface area contributed by atoms with Crippen LogP contribution < -0.4 is 20.2 Å². The summed E-state index contributed by atoms with van der Waals surface area (Å²) in [6, 6.07) is 21.4. The fourth-order valence-corrected chi connectivity index (χ4v) is 3.36. The summed E-state index contributed by atoms with van der Waals surface area (Å²) >= 11 is 0. The van der Waals surface area contributed by atoms with E-state index < -0.39 is 5.91 Å². The molecular formula is C25H22N4O4. The standard InChI is InChI=1S/C25H22N4O4/c1-32-22-10-6-9-17(23(22)33-2)15-26-29-25(31)21-14-18-13-19(11-12-20(18)28-21)27-24(30)16-7-4-3-5-8-16/h3-15,28H,1-2H3,(H,27,30)(H,29,31). The maximum Gasteiger partial charge on any atom is 0.287 e. The highest BCUT2D eigenvalue weighted by Gasteiger charge is 2.11. The van der Waals surface area contributed by atoms with Gasteiger partial charge in [0.15, 0.2) is 11.5 Å². The number of aromatic nitrogens is 1. The van der Waals surface area contributed by atoms with Crippen LogP contribution in [0.3, 0.4) is 0 Å². The highest BCUT2D eigenvalue weighted by Crippen LogP contribution is 2.29. The van der Waals surface area contributed by atoms with E-state index >= 15 is 0 Å². The van der Waals surface area contributed by atoms with Gasteiger partial charge in [0.2, 0.25) is 0 Å². The first-order chi connectivity index (χ1) is 16.1. The topological polar surface area (TPSA) is 105 Å². The number of carbonyl (C=O) groups excluding carboxylic acids is 2. The molecule has 0 unspecified atom stereocenters. The third-order valence-electron chi connectivity index (χ3n) is 4.96. The lowest BCUT2D eigenvalue weighted by atomic mass is 10.2. The Labute approximate surface area is 190 Å². The lowest BCUT2D eigenvalue weighted by Gasteiger charge is -2.09. The number of para-hydroxylation sites is 1. The normalized spacial score (nSPS) is 10.8. The molecule has 1 aromatic heterocycles. The number of rotatable bonds is 7. The van der Waals surface area contributed by atoms with E-state index in [1.165, 1.54) is 13.3 Å². The fraction of sp³-hybridized carbons (Fsp3) is 0.0800. The number of aromatic amines is 1. The van der Waals surface area contributed by atoms with Crippen LogP contribution in [0.1, 0.15) is 26.4 Å². The largest absolute Gasteiger partial charge is 0.493 e. The maximum absolute atomic E-state index is 12.5. The number of hydrogen-bond donors (Lipinski definition) is 3. The molecular weight excluding hydrogens is 420 g/mol. The summed E-state index contributed by atoms with van der Waals surface area (Å²) in [6.07, 6.45) is 1.49. The van der Waals surface area contributed by atoms with E-state index in [2.05, 4.69) is 20.8 Å². The van der Waals surface area contributed by atoms with Crippen molar-refractivity contribution in [3.05, 3.63) is 89.6 Å². The molecule has 0 saturated heterocycles. The van der Waals surface area contributed by atoms with Crippen LogP contribution in [0.2, 0.25) is 0 Å². The molecule has 166 valence electrons. The van der Waals surface area contributed by atoms with Crippen molar-refractivity contribution in [1.29, 1.82) is 0 Å². The number of fused-ring (bicyclic) bond motifs is 1. The average Bonchev–Trinajstić information content (AvgIpc) is 3.28. The molecule has 4 aromatic rings. The number of ether oxygens (including phenoxy) is 2. The van der Waals surface area contributed by atoms with Gasteiger partial charge in [0.25, 0.3) is 11.8 Å². The molecule has 8 nitrogen and oxygen atoms in total. The molecule has 0 bridgehead atoms. The third-order valence-corrected chi connectivity index (χ3v) is 4.96. The predicted molar refractivity (Wildman–Crippen MR) is 127 cm³/mol. The molecule has 4 rings (SSSR count). The molecule has 3 N–H and O–H groups in total. The molecule has 0 aliphatic carbocycles. The van der Waals surface area contributed by atoms with Crippen molar-refractivity contribution in [2.24, 2.45) is 5.10 Å². The van der Waals surface area contributed by atoms with E-state index in [9.17, 15) is 9.59 Å². The summed E-state index contributed by atoms with van der Waals surface area (Å²) < 4.78 is 10.6. The van der Waals surface area contributed by atoms with Gasteiger partial charge in [0.1, 0.15) is 5.69 Å². The van der Waals surface area contributed by atoms with Crippen molar-refractivity contribution < 1.29 is 19.1 Å². The summed E-state index contributed by atoms with van der Waals surface area (Å²) in [4.78, 5) is 28.0. The van der Waals surface area contributed by atoms with Crippen molar-refractivity contribution in [3.8, 4) is 11.5 Å². The van der Waals surface area contributed by atoms with Gasteiger partial charge in [-0.2, -0.15) is 5.10 Å². The number of benzene rings is 3. The Morgan fingerprint density at radius 2 is 1.73 bits per heavy atom. The highest BCUT2D eigenvalue weighted by atomic mass is 16.5. The van der Waals surface area contributed by atoms with E-state index in [0.717, 1.165) is 10.9 Å². The third kappa shape index (κ3) is 4.85. The Balaban J connectivity index is 1.46. The molecule has 0 spiro atoms. The summed E-state index contributed by atoms with van der Waals surface area (Å²) in [5, 5.41) is 7.67. The van der Waals surface area contributed by atoms with Crippen LogP contribution in [0.5, 0.6) is 11.5 Å². The average molecular weight is 442 g/mol. The van der Waals surface area contributed by atoms with E-state index in [1.54, 1.807) is 61.7 Å². The highest BCUT2D eigenvalue weighted by molar-refractivity contribution is 6.05. The number of methoxy groups -OCH3 is 2. The Hall–Kier alpha value is -4.59. The van der Waals surface area contributed by atoms with Gasteiger partial charge in [0.05, 0.1) is 20.4 Å². The van der Waals surface area contributed by atoms with Gasteiger partial charge in [-0.25, -0.2) is 5.43 Å². The van der Waals surface area contributed by atoms with Gasteiger partial charge < -0.3 is 19.8 Å². The zero-order valence-electron chi connectivity index (χ0n) is 18.1. The summed E-state index contributed by atoms with van der Waals surface area (Å²) in [5.41, 5.74) is 5.46. The van der Waals surface area contributed by atoms with Crippen LogP contribution in [-0.2, 0) is 0 Å². The van der Waals surface area contributed by atoms with E-state index in [4.69, 9.17) is 9.47 Å². The van der Waals surface area contributed by atoms with Crippen molar-refractivity contribution in [3.63, 3.8) is 0 Å². The minimum absolute atomic E-state index is 0.203. The maximum atomic E-state index is 12.5. The number of H-pyrrole nitrogens is 1. The zero-order chi connectivity index (χ0) is 23.2. The molecule has 33 heavy (non-hydrogen) atoms. The zero-order valence-corrected chi connectivity index (χ0v) is 18.1. The Morgan fingerprint density at radius 1 is 0.909 bits per heavy atom. The summed E-state index contributed by atoms with van der Waals surface area (Å²) in [7, 11) is 3.09. The van der Waals surface area contributed by atoms with E-state index in [-0.39, 0.29) is 5.91 Å². The molecule has 3 aromatic carbocycles. The molecule has 1 heterocycles. The molecule has 2 amide bonds. The molecule has 0 atom stereocenters. The molecule has 0 radical (unpaired) electrons. The second-order valence-electron chi connectivity index (χ2n) is 7.09. The van der Waals surface area contributed by atoms with Crippen molar-refractivity contribution in [2.75, 3.05) is 19.5 Å². The summed E-state index contributed by atoms with van der Waals surface area (Å²) in [6.45, 7) is 0. The van der Waals surface area contributed by atoms with Crippen molar-refractivity contribution in [2.45, 2.75) is 0 Å². The van der Waals surface area contributed by atoms with Gasteiger partial charge in [-0.1, -0.05) is 24.3 Å². The minimum Gasteiger partial charge on any atom is -0.493 e. The van der Waals surface area contributed by atoms with Gasteiger partial charge >= 0.3 is 0 Å². The van der Waals surface area contributed by atoms with Crippen molar-refractivity contribution >= 4 is 34.6 Å². The molecule has 0 aliphatic heterocycles. The van der Waals surface area contributed by atoms with E-state index in [0.29, 0.717) is 34.0 Å². The van der Waals surface area contributed by atoms with Crippen LogP contribution in [-0.4, -0.2) is 37.2 Å². The first kappa shape index (κ1) is 21.6. The lowest BCUT2D eigenvalue weighted by molar-refractivity contribution is 0.0950. The van der Waals surface area contributed by atoms with Crippen LogP contribution in [0.25, 0.3) is 10.9 Å². The van der Waals surface area contributed by atoms with E-state index in [1.807, 2.05) is 18.2 Å². The first-order valence-electron chi connectivity index (χ1n) is 10.1. The number of anilines is 1. The van der Waals surface area contributed by atoms with Gasteiger partial charge in [0, 0.05) is 27.7 Å². The monoisotopic (exact) mass is 442 g/mol.